The van der Waals surface area contributed by atoms with Crippen molar-refractivity contribution in [3.05, 3.63) is 37.0 Å². The molecular formula is C22H49N3O. The Labute approximate surface area is 165 Å². The highest BCUT2D eigenvalue weighted by Crippen LogP contribution is 2.08. The minimum Gasteiger partial charge on any atom is -0.365 e. The zero-order valence-electron chi connectivity index (χ0n) is 19.2. The van der Waals surface area contributed by atoms with E-state index in [0.29, 0.717) is 10.8 Å². The van der Waals surface area contributed by atoms with Crippen molar-refractivity contribution in [3.8, 4) is 0 Å². The molecule has 0 fully saturated rings. The Balaban J connectivity index is -0.0000000702. The summed E-state index contributed by atoms with van der Waals surface area (Å²) in [5.41, 5.74) is 1.00. The molecule has 0 aliphatic heterocycles. The number of aromatic nitrogens is 3. The van der Waals surface area contributed by atoms with Gasteiger partial charge in [-0.1, -0.05) is 95.7 Å². The first-order valence-corrected chi connectivity index (χ1v) is 9.17. The van der Waals surface area contributed by atoms with Crippen LogP contribution in [0.5, 0.6) is 0 Å². The molecule has 2 rings (SSSR count). The number of hydrogen-bond donors (Lipinski definition) is 0. The van der Waals surface area contributed by atoms with Crippen LogP contribution in [-0.2, 0) is 7.05 Å². The van der Waals surface area contributed by atoms with Gasteiger partial charge in [-0.15, -0.1) is 0 Å². The molecule has 26 heavy (non-hydrogen) atoms. The van der Waals surface area contributed by atoms with E-state index in [0.717, 1.165) is 0 Å². The third-order valence-corrected chi connectivity index (χ3v) is 0.984. The maximum Gasteiger partial charge on any atom is 0.123 e. The van der Waals surface area contributed by atoms with Crippen molar-refractivity contribution in [3.63, 3.8) is 0 Å². The Bertz CT molecular complexity index is 352. The second kappa shape index (κ2) is 23.4. The highest BCUT2D eigenvalue weighted by Gasteiger charge is 1.96. The van der Waals surface area contributed by atoms with Crippen LogP contribution in [0.1, 0.15) is 90.5 Å². The fourth-order valence-corrected chi connectivity index (χ4v) is 0.521. The summed E-state index contributed by atoms with van der Waals surface area (Å²) in [5.74, 6) is 0. The fourth-order valence-electron chi connectivity index (χ4n) is 0.521. The molecule has 0 radical (unpaired) electrons. The van der Waals surface area contributed by atoms with Gasteiger partial charge in [0.25, 0.3) is 0 Å². The summed E-state index contributed by atoms with van der Waals surface area (Å²) >= 11 is 0. The topological polar surface area (TPSA) is 43.9 Å². The molecule has 0 aliphatic carbocycles. The Morgan fingerprint density at radius 1 is 0.731 bits per heavy atom. The van der Waals surface area contributed by atoms with E-state index in [1.165, 1.54) is 6.26 Å². The first-order chi connectivity index (χ1) is 11.4. The van der Waals surface area contributed by atoms with Crippen molar-refractivity contribution in [2.75, 3.05) is 0 Å². The Morgan fingerprint density at radius 2 is 1.12 bits per heavy atom. The van der Waals surface area contributed by atoms with Crippen molar-refractivity contribution in [2.24, 2.45) is 17.9 Å². The molecule has 0 saturated carbocycles. The first kappa shape index (κ1) is 35.5. The van der Waals surface area contributed by atoms with Crippen molar-refractivity contribution in [2.45, 2.75) is 90.5 Å². The molecule has 2 aromatic heterocycles. The van der Waals surface area contributed by atoms with Gasteiger partial charge in [0.15, 0.2) is 0 Å². The molecule has 2 aromatic rings. The smallest absolute Gasteiger partial charge is 0.123 e. The van der Waals surface area contributed by atoms with Crippen LogP contribution >= 0.6 is 0 Å². The predicted molar refractivity (Wildman–Crippen MR) is 119 cm³/mol. The summed E-state index contributed by atoms with van der Waals surface area (Å²) in [6, 6.07) is 3.61. The van der Waals surface area contributed by atoms with Crippen molar-refractivity contribution < 1.29 is 4.52 Å². The molecule has 0 spiro atoms. The molecular weight excluding hydrogens is 322 g/mol. The molecule has 0 N–H and O–H groups in total. The van der Waals surface area contributed by atoms with Crippen molar-refractivity contribution >= 4 is 0 Å². The van der Waals surface area contributed by atoms with Crippen LogP contribution in [0.25, 0.3) is 0 Å². The average molecular weight is 372 g/mol. The normalized spacial score (nSPS) is 8.65. The van der Waals surface area contributed by atoms with E-state index in [2.05, 4.69) is 70.2 Å². The monoisotopic (exact) mass is 371 g/mol. The molecule has 0 amide bonds. The lowest BCUT2D eigenvalue weighted by molar-refractivity contribution is 0.420. The van der Waals surface area contributed by atoms with Crippen LogP contribution in [0.4, 0.5) is 0 Å². The lowest BCUT2D eigenvalue weighted by Crippen LogP contribution is -1.93. The van der Waals surface area contributed by atoms with Gasteiger partial charge in [-0.05, 0) is 23.0 Å². The number of hydrogen-bond acceptors (Lipinski definition) is 3. The summed E-state index contributed by atoms with van der Waals surface area (Å²) in [6.45, 7) is 25.5. The molecule has 0 atom stereocenters. The van der Waals surface area contributed by atoms with E-state index in [1.54, 1.807) is 23.1 Å². The molecule has 0 saturated heterocycles. The van der Waals surface area contributed by atoms with Crippen molar-refractivity contribution in [1.82, 2.24) is 14.9 Å². The van der Waals surface area contributed by atoms with E-state index in [4.69, 9.17) is 0 Å². The van der Waals surface area contributed by atoms with E-state index in [-0.39, 0.29) is 7.43 Å². The highest BCUT2D eigenvalue weighted by atomic mass is 16.5. The standard InChI is InChI=1S/2C5H12.C4H6N2.C3H3NO.2C2H6.CH4/c2*1-5(2,3)4;1-6-4-2-3-5-6;1-2-4-5-3-1;2*1-2;/h2*1-4H3;2-4H,1H3;1-3H;2*1-2H3;1H4. The SMILES string of the molecule is C.CC.CC.CC(C)(C)C.CC(C)(C)C.Cn1cccn1.c1cnoc1. The van der Waals surface area contributed by atoms with E-state index in [1.807, 2.05) is 47.0 Å². The quantitative estimate of drug-likeness (QED) is 0.473. The maximum atomic E-state index is 4.33. The fraction of sp³-hybridized carbons (Fsp3) is 0.727. The van der Waals surface area contributed by atoms with Crippen LogP contribution < -0.4 is 0 Å². The zero-order chi connectivity index (χ0) is 20.9. The zero-order valence-corrected chi connectivity index (χ0v) is 19.2. The molecule has 4 heteroatoms. The maximum absolute atomic E-state index is 4.33. The minimum absolute atomic E-state index is 0. The largest absolute Gasteiger partial charge is 0.365 e. The highest BCUT2D eigenvalue weighted by molar-refractivity contribution is 4.75. The van der Waals surface area contributed by atoms with Crippen LogP contribution in [0, 0.1) is 10.8 Å². The van der Waals surface area contributed by atoms with Gasteiger partial charge >= 0.3 is 0 Å². The summed E-state index contributed by atoms with van der Waals surface area (Å²) in [6.07, 6.45) is 6.74. The second-order valence-corrected chi connectivity index (χ2v) is 7.87. The molecule has 158 valence electrons. The summed E-state index contributed by atoms with van der Waals surface area (Å²) < 4.78 is 6.08. The number of nitrogens with zero attached hydrogens (tertiary/aromatic N) is 3. The third kappa shape index (κ3) is 94.7. The van der Waals surface area contributed by atoms with Gasteiger partial charge in [0.1, 0.15) is 6.26 Å². The molecule has 0 bridgehead atoms. The lowest BCUT2D eigenvalue weighted by Gasteiger charge is -2.05. The average Bonchev–Trinajstić information content (AvgIpc) is 3.15. The van der Waals surface area contributed by atoms with Crippen LogP contribution in [-0.4, -0.2) is 14.9 Å². The van der Waals surface area contributed by atoms with Gasteiger partial charge in [0, 0.05) is 19.4 Å². The van der Waals surface area contributed by atoms with Crippen LogP contribution in [0.15, 0.2) is 41.5 Å². The lowest BCUT2D eigenvalue weighted by atomic mass is 10.0. The number of aryl methyl sites for hydroxylation is 1. The second-order valence-electron chi connectivity index (χ2n) is 7.87. The van der Waals surface area contributed by atoms with Gasteiger partial charge in [-0.3, -0.25) is 4.68 Å². The van der Waals surface area contributed by atoms with Crippen molar-refractivity contribution in [1.29, 1.82) is 0 Å². The molecule has 4 nitrogen and oxygen atoms in total. The summed E-state index contributed by atoms with van der Waals surface area (Å²) in [7, 11) is 1.89. The molecule has 2 heterocycles. The van der Waals surface area contributed by atoms with E-state index < -0.39 is 0 Å². The molecule has 0 unspecified atom stereocenters. The summed E-state index contributed by atoms with van der Waals surface area (Å²) in [4.78, 5) is 0. The molecule has 0 aromatic carbocycles. The van der Waals surface area contributed by atoms with Gasteiger partial charge < -0.3 is 4.52 Å². The van der Waals surface area contributed by atoms with Gasteiger partial charge in [-0.2, -0.15) is 5.10 Å². The van der Waals surface area contributed by atoms with Gasteiger partial charge in [-0.25, -0.2) is 0 Å². The predicted octanol–water partition coefficient (Wildman–Crippen LogP) is 7.89. The Kier molecular flexibility index (Phi) is 32.0. The van der Waals surface area contributed by atoms with E-state index in [9.17, 15) is 0 Å². The summed E-state index contributed by atoms with van der Waals surface area (Å²) in [5, 5.41) is 7.18. The first-order valence-electron chi connectivity index (χ1n) is 9.17. The third-order valence-electron chi connectivity index (χ3n) is 0.984. The van der Waals surface area contributed by atoms with E-state index >= 15 is 0 Å². The van der Waals surface area contributed by atoms with Crippen LogP contribution in [0.3, 0.4) is 0 Å². The van der Waals surface area contributed by atoms with Gasteiger partial charge in [0.2, 0.25) is 0 Å². The molecule has 0 aliphatic rings. The number of rotatable bonds is 0. The Hall–Kier alpha value is -1.58. The Morgan fingerprint density at radius 3 is 1.19 bits per heavy atom. The van der Waals surface area contributed by atoms with Gasteiger partial charge in [0.05, 0.1) is 6.20 Å². The minimum atomic E-state index is 0. The van der Waals surface area contributed by atoms with Crippen LogP contribution in [0.2, 0.25) is 0 Å².